The second-order valence-electron chi connectivity index (χ2n) is 4.23. The number of benzene rings is 1. The second-order valence-corrected chi connectivity index (χ2v) is 4.67. The average molecular weight is 271 g/mol. The van der Waals surface area contributed by atoms with Gasteiger partial charge in [-0.3, -0.25) is 0 Å². The van der Waals surface area contributed by atoms with Crippen molar-refractivity contribution in [2.24, 2.45) is 0 Å². The Balaban J connectivity index is 2.63. The van der Waals surface area contributed by atoms with Crippen molar-refractivity contribution >= 4 is 23.3 Å². The smallest absolute Gasteiger partial charge is 0.321 e. The molecular formula is C13H19ClN2O2. The monoisotopic (exact) mass is 270 g/mol. The van der Waals surface area contributed by atoms with Crippen LogP contribution in [0.4, 0.5) is 10.5 Å². The van der Waals surface area contributed by atoms with Crippen LogP contribution in [0, 0.1) is 0 Å². The zero-order valence-electron chi connectivity index (χ0n) is 10.7. The van der Waals surface area contributed by atoms with Crippen molar-refractivity contribution in [3.8, 4) is 0 Å². The highest BCUT2D eigenvalue weighted by atomic mass is 35.5. The van der Waals surface area contributed by atoms with Gasteiger partial charge in [-0.15, -0.1) is 0 Å². The maximum Gasteiger partial charge on any atom is 0.321 e. The number of aliphatic hydroxyl groups is 1. The molecule has 0 aliphatic carbocycles. The Morgan fingerprint density at radius 2 is 2.06 bits per heavy atom. The summed E-state index contributed by atoms with van der Waals surface area (Å²) in [4.78, 5) is 13.6. The summed E-state index contributed by atoms with van der Waals surface area (Å²) < 4.78 is 0. The van der Waals surface area contributed by atoms with E-state index >= 15 is 0 Å². The average Bonchev–Trinajstić information content (AvgIpc) is 2.31. The highest BCUT2D eigenvalue weighted by molar-refractivity contribution is 6.30. The van der Waals surface area contributed by atoms with Gasteiger partial charge in [0.2, 0.25) is 0 Å². The molecule has 1 rings (SSSR count). The lowest BCUT2D eigenvalue weighted by Gasteiger charge is -2.23. The van der Waals surface area contributed by atoms with Crippen LogP contribution in [0.15, 0.2) is 24.3 Å². The maximum absolute atomic E-state index is 12.0. The van der Waals surface area contributed by atoms with Crippen LogP contribution < -0.4 is 5.32 Å². The van der Waals surface area contributed by atoms with Gasteiger partial charge in [-0.05, 0) is 37.6 Å². The Labute approximate surface area is 113 Å². The van der Waals surface area contributed by atoms with E-state index in [1.165, 1.54) is 0 Å². The minimum absolute atomic E-state index is 0.208. The molecule has 0 saturated heterocycles. The first kappa shape index (κ1) is 14.8. The quantitative estimate of drug-likeness (QED) is 0.864. The first-order valence-corrected chi connectivity index (χ1v) is 6.40. The number of anilines is 1. The number of nitrogens with one attached hydrogen (secondary N) is 1. The molecule has 0 aliphatic rings. The fourth-order valence-electron chi connectivity index (χ4n) is 1.60. The molecule has 18 heavy (non-hydrogen) atoms. The molecule has 1 aromatic rings. The first-order chi connectivity index (χ1) is 8.52. The minimum Gasteiger partial charge on any atom is -0.392 e. The van der Waals surface area contributed by atoms with Crippen LogP contribution in [0.25, 0.3) is 0 Å². The van der Waals surface area contributed by atoms with Crippen LogP contribution >= 0.6 is 11.6 Å². The lowest BCUT2D eigenvalue weighted by Crippen LogP contribution is -2.39. The third-order valence-corrected chi connectivity index (χ3v) is 2.61. The van der Waals surface area contributed by atoms with Crippen LogP contribution in [0.5, 0.6) is 0 Å². The topological polar surface area (TPSA) is 52.6 Å². The number of carbonyl (C=O) groups is 1. The van der Waals surface area contributed by atoms with E-state index in [-0.39, 0.29) is 6.03 Å². The number of amides is 2. The van der Waals surface area contributed by atoms with Gasteiger partial charge in [-0.25, -0.2) is 4.79 Å². The summed E-state index contributed by atoms with van der Waals surface area (Å²) in [5.74, 6) is 0. The summed E-state index contributed by atoms with van der Waals surface area (Å²) in [5.41, 5.74) is 0.691. The van der Waals surface area contributed by atoms with E-state index in [2.05, 4.69) is 5.32 Å². The Morgan fingerprint density at radius 1 is 1.44 bits per heavy atom. The lowest BCUT2D eigenvalue weighted by atomic mass is 10.3. The third-order valence-electron chi connectivity index (χ3n) is 2.36. The fraction of sp³-hybridized carbons (Fsp3) is 0.462. The summed E-state index contributed by atoms with van der Waals surface area (Å²) >= 11 is 5.77. The third kappa shape index (κ3) is 4.94. The maximum atomic E-state index is 12.0. The predicted molar refractivity (Wildman–Crippen MR) is 74.0 cm³/mol. The minimum atomic E-state index is -0.535. The molecule has 0 heterocycles. The number of hydrogen-bond donors (Lipinski definition) is 2. The van der Waals surface area contributed by atoms with Crippen LogP contribution in [-0.4, -0.2) is 35.2 Å². The van der Waals surface area contributed by atoms with Gasteiger partial charge in [-0.2, -0.15) is 0 Å². The molecule has 0 bridgehead atoms. The molecule has 0 aromatic heterocycles. The standard InChI is InChI=1S/C13H19ClN2O2/c1-3-8-16(9-10(2)17)13(18)15-12-6-4-11(14)5-7-12/h4-7,10,17H,3,8-9H2,1-2H3,(H,15,18). The summed E-state index contributed by atoms with van der Waals surface area (Å²) in [6.07, 6.45) is 0.313. The molecule has 1 aromatic carbocycles. The number of nitrogens with zero attached hydrogens (tertiary/aromatic N) is 1. The molecule has 2 amide bonds. The van der Waals surface area contributed by atoms with E-state index in [0.29, 0.717) is 23.8 Å². The Morgan fingerprint density at radius 3 is 2.56 bits per heavy atom. The summed E-state index contributed by atoms with van der Waals surface area (Å²) in [6, 6.07) is 6.71. The SMILES string of the molecule is CCCN(CC(C)O)C(=O)Nc1ccc(Cl)cc1. The molecule has 0 saturated carbocycles. The lowest BCUT2D eigenvalue weighted by molar-refractivity contribution is 0.138. The molecular weight excluding hydrogens is 252 g/mol. The summed E-state index contributed by atoms with van der Waals surface area (Å²) in [5, 5.41) is 12.8. The van der Waals surface area contributed by atoms with Crippen LogP contribution in [0.2, 0.25) is 5.02 Å². The molecule has 0 radical (unpaired) electrons. The number of rotatable bonds is 5. The van der Waals surface area contributed by atoms with Gasteiger partial charge in [0.1, 0.15) is 0 Å². The zero-order chi connectivity index (χ0) is 13.5. The van der Waals surface area contributed by atoms with Crippen molar-refractivity contribution in [3.05, 3.63) is 29.3 Å². The van der Waals surface area contributed by atoms with Gasteiger partial charge in [-0.1, -0.05) is 18.5 Å². The molecule has 4 nitrogen and oxygen atoms in total. The van der Waals surface area contributed by atoms with Crippen molar-refractivity contribution in [2.75, 3.05) is 18.4 Å². The summed E-state index contributed by atoms with van der Waals surface area (Å²) in [7, 11) is 0. The molecule has 2 N–H and O–H groups in total. The molecule has 0 aliphatic heterocycles. The summed E-state index contributed by atoms with van der Waals surface area (Å²) in [6.45, 7) is 4.60. The van der Waals surface area contributed by atoms with Crippen molar-refractivity contribution in [3.63, 3.8) is 0 Å². The van der Waals surface area contributed by atoms with Gasteiger partial charge >= 0.3 is 6.03 Å². The Bertz CT molecular complexity index is 379. The van der Waals surface area contributed by atoms with Crippen molar-refractivity contribution in [1.82, 2.24) is 4.90 Å². The number of hydrogen-bond acceptors (Lipinski definition) is 2. The van der Waals surface area contributed by atoms with Gasteiger partial charge < -0.3 is 15.3 Å². The molecule has 1 unspecified atom stereocenters. The second kappa shape index (κ2) is 7.24. The van der Waals surface area contributed by atoms with Crippen LogP contribution in [-0.2, 0) is 0 Å². The van der Waals surface area contributed by atoms with Gasteiger partial charge in [0.05, 0.1) is 6.10 Å². The van der Waals surface area contributed by atoms with E-state index in [0.717, 1.165) is 6.42 Å². The highest BCUT2D eigenvalue weighted by Crippen LogP contribution is 2.14. The molecule has 0 spiro atoms. The van der Waals surface area contributed by atoms with E-state index < -0.39 is 6.10 Å². The van der Waals surface area contributed by atoms with Crippen molar-refractivity contribution in [2.45, 2.75) is 26.4 Å². The van der Waals surface area contributed by atoms with Gasteiger partial charge in [0.25, 0.3) is 0 Å². The van der Waals surface area contributed by atoms with Gasteiger partial charge in [0, 0.05) is 23.8 Å². The number of carbonyl (C=O) groups excluding carboxylic acids is 1. The van der Waals surface area contributed by atoms with Crippen LogP contribution in [0.3, 0.4) is 0 Å². The van der Waals surface area contributed by atoms with E-state index in [1.54, 1.807) is 36.1 Å². The first-order valence-electron chi connectivity index (χ1n) is 6.02. The van der Waals surface area contributed by atoms with E-state index in [1.807, 2.05) is 6.92 Å². The molecule has 0 fully saturated rings. The zero-order valence-corrected chi connectivity index (χ0v) is 11.4. The largest absolute Gasteiger partial charge is 0.392 e. The number of halogens is 1. The highest BCUT2D eigenvalue weighted by Gasteiger charge is 2.14. The van der Waals surface area contributed by atoms with Gasteiger partial charge in [0.15, 0.2) is 0 Å². The number of aliphatic hydroxyl groups excluding tert-OH is 1. The predicted octanol–water partition coefficient (Wildman–Crippen LogP) is 2.96. The Hall–Kier alpha value is -1.26. The molecule has 1 atom stereocenters. The van der Waals surface area contributed by atoms with Crippen molar-refractivity contribution in [1.29, 1.82) is 0 Å². The normalized spacial score (nSPS) is 12.0. The van der Waals surface area contributed by atoms with E-state index in [4.69, 9.17) is 11.6 Å². The van der Waals surface area contributed by atoms with Crippen LogP contribution in [0.1, 0.15) is 20.3 Å². The fourth-order valence-corrected chi connectivity index (χ4v) is 1.73. The van der Waals surface area contributed by atoms with E-state index in [9.17, 15) is 9.90 Å². The molecule has 100 valence electrons. The number of urea groups is 1. The molecule has 5 heteroatoms. The van der Waals surface area contributed by atoms with Crippen molar-refractivity contribution < 1.29 is 9.90 Å². The Kier molecular flexibility index (Phi) is 5.95.